The summed E-state index contributed by atoms with van der Waals surface area (Å²) < 4.78 is 5.39. The van der Waals surface area contributed by atoms with Crippen LogP contribution in [0.25, 0.3) is 0 Å². The summed E-state index contributed by atoms with van der Waals surface area (Å²) in [6, 6.07) is 13.4. The van der Waals surface area contributed by atoms with E-state index in [9.17, 15) is 4.79 Å². The molecule has 2 aromatic rings. The molecule has 1 amide bonds. The number of hydrogen-bond acceptors (Lipinski definition) is 4. The normalized spacial score (nSPS) is 21.9. The lowest BCUT2D eigenvalue weighted by Gasteiger charge is -2.41. The van der Waals surface area contributed by atoms with E-state index in [4.69, 9.17) is 4.42 Å². The van der Waals surface area contributed by atoms with Gasteiger partial charge in [0, 0.05) is 24.9 Å². The second-order valence-electron chi connectivity index (χ2n) is 8.45. The van der Waals surface area contributed by atoms with Gasteiger partial charge >= 0.3 is 0 Å². The van der Waals surface area contributed by atoms with Crippen LogP contribution >= 0.6 is 11.8 Å². The van der Waals surface area contributed by atoms with Crippen LogP contribution in [0.4, 0.5) is 0 Å². The van der Waals surface area contributed by atoms with Gasteiger partial charge in [-0.3, -0.25) is 9.69 Å². The van der Waals surface area contributed by atoms with E-state index >= 15 is 0 Å². The van der Waals surface area contributed by atoms with Crippen molar-refractivity contribution in [3.05, 3.63) is 59.5 Å². The number of nitrogens with zero attached hydrogens (tertiary/aromatic N) is 2. The Morgan fingerprint density at radius 2 is 1.97 bits per heavy atom. The summed E-state index contributed by atoms with van der Waals surface area (Å²) in [6.07, 6.45) is 6.19. The van der Waals surface area contributed by atoms with Gasteiger partial charge in [0.25, 0.3) is 5.91 Å². The minimum absolute atomic E-state index is 0.0757. The van der Waals surface area contributed by atoms with Crippen molar-refractivity contribution in [2.45, 2.75) is 44.7 Å². The molecule has 4 rings (SSSR count). The van der Waals surface area contributed by atoms with Crippen molar-refractivity contribution in [3.8, 4) is 0 Å². The molecule has 4 nitrogen and oxygen atoms in total. The summed E-state index contributed by atoms with van der Waals surface area (Å²) >= 11 is 2.09. The number of carbonyl (C=O) groups excluding carboxylic acids is 1. The second kappa shape index (κ2) is 9.40. The largest absolute Gasteiger partial charge is 0.469 e. The van der Waals surface area contributed by atoms with E-state index in [2.05, 4.69) is 47.0 Å². The van der Waals surface area contributed by atoms with Gasteiger partial charge in [-0.1, -0.05) is 30.3 Å². The van der Waals surface area contributed by atoms with E-state index in [0.717, 1.165) is 25.6 Å². The minimum atomic E-state index is 0.0757. The molecule has 0 spiro atoms. The predicted octanol–water partition coefficient (Wildman–Crippen LogP) is 4.49. The Labute approximate surface area is 178 Å². The van der Waals surface area contributed by atoms with E-state index in [1.807, 2.05) is 18.9 Å². The molecule has 5 heteroatoms. The summed E-state index contributed by atoms with van der Waals surface area (Å²) in [6.45, 7) is 4.19. The van der Waals surface area contributed by atoms with Gasteiger partial charge in [0.1, 0.15) is 5.76 Å². The molecule has 3 heterocycles. The van der Waals surface area contributed by atoms with Crippen LogP contribution in [0.15, 0.2) is 47.1 Å². The van der Waals surface area contributed by atoms with Crippen LogP contribution in [0.3, 0.4) is 0 Å². The van der Waals surface area contributed by atoms with Crippen LogP contribution in [-0.4, -0.2) is 59.4 Å². The Bertz CT molecular complexity index is 792. The molecular weight excluding hydrogens is 380 g/mol. The number of hydrogen-bond donors (Lipinski definition) is 0. The number of carbonyl (C=O) groups is 1. The fourth-order valence-corrected chi connectivity index (χ4v) is 6.16. The van der Waals surface area contributed by atoms with Crippen LogP contribution in [0, 0.1) is 12.8 Å². The summed E-state index contributed by atoms with van der Waals surface area (Å²) in [5, 5.41) is 0. The Hall–Kier alpha value is -1.72. The molecule has 0 saturated carbocycles. The standard InChI is InChI=1S/C24H32N2O2S/c1-18-22(10-14-28-18)24(27)25(2)23(16-19-6-4-3-5-7-19)20-8-12-26(13-9-20)21-11-15-29-17-21/h3-7,10,14,20-21,23H,8-9,11-13,15-17H2,1-2H3. The van der Waals surface area contributed by atoms with E-state index in [1.54, 1.807) is 12.3 Å². The predicted molar refractivity (Wildman–Crippen MR) is 119 cm³/mol. The van der Waals surface area contributed by atoms with Crippen molar-refractivity contribution in [1.29, 1.82) is 0 Å². The third-order valence-electron chi connectivity index (χ3n) is 6.74. The first kappa shape index (κ1) is 20.5. The fraction of sp³-hybridized carbons (Fsp3) is 0.542. The maximum absolute atomic E-state index is 13.2. The number of piperidine rings is 1. The fourth-order valence-electron chi connectivity index (χ4n) is 4.90. The molecule has 0 bridgehead atoms. The number of amides is 1. The van der Waals surface area contributed by atoms with E-state index in [-0.39, 0.29) is 11.9 Å². The summed E-state index contributed by atoms with van der Waals surface area (Å²) in [7, 11) is 1.97. The van der Waals surface area contributed by atoms with Crippen LogP contribution in [0.1, 0.15) is 40.9 Å². The highest BCUT2D eigenvalue weighted by Gasteiger charge is 2.34. The summed E-state index contributed by atoms with van der Waals surface area (Å²) in [5.74, 6) is 3.90. The van der Waals surface area contributed by atoms with Gasteiger partial charge in [-0.15, -0.1) is 0 Å². The molecule has 156 valence electrons. The first-order chi connectivity index (χ1) is 14.1. The van der Waals surface area contributed by atoms with Gasteiger partial charge in [0.15, 0.2) is 0 Å². The lowest BCUT2D eigenvalue weighted by molar-refractivity contribution is 0.0556. The molecule has 2 atom stereocenters. The van der Waals surface area contributed by atoms with Crippen LogP contribution in [-0.2, 0) is 6.42 Å². The van der Waals surface area contributed by atoms with Crippen LogP contribution in [0.2, 0.25) is 0 Å². The Morgan fingerprint density at radius 1 is 1.21 bits per heavy atom. The molecule has 0 N–H and O–H groups in total. The zero-order valence-corrected chi connectivity index (χ0v) is 18.4. The van der Waals surface area contributed by atoms with Crippen molar-refractivity contribution in [2.75, 3.05) is 31.6 Å². The number of benzene rings is 1. The first-order valence-corrected chi connectivity index (χ1v) is 12.0. The molecule has 1 aromatic heterocycles. The molecule has 1 aromatic carbocycles. The third-order valence-corrected chi connectivity index (χ3v) is 7.88. The SMILES string of the molecule is Cc1occc1C(=O)N(C)C(Cc1ccccc1)C1CCN(C2CCSC2)CC1. The number of thioether (sulfide) groups is 1. The Morgan fingerprint density at radius 3 is 2.59 bits per heavy atom. The average Bonchev–Trinajstić information content (AvgIpc) is 3.44. The zero-order chi connectivity index (χ0) is 20.2. The van der Waals surface area contributed by atoms with Gasteiger partial charge in [0.05, 0.1) is 11.8 Å². The quantitative estimate of drug-likeness (QED) is 0.701. The maximum atomic E-state index is 13.2. The molecular formula is C24H32N2O2S. The maximum Gasteiger partial charge on any atom is 0.257 e. The topological polar surface area (TPSA) is 36.7 Å². The van der Waals surface area contributed by atoms with Crippen molar-refractivity contribution in [2.24, 2.45) is 5.92 Å². The molecule has 2 fully saturated rings. The minimum Gasteiger partial charge on any atom is -0.469 e. The smallest absolute Gasteiger partial charge is 0.257 e. The van der Waals surface area contributed by atoms with E-state index < -0.39 is 0 Å². The molecule has 2 unspecified atom stereocenters. The Balaban J connectivity index is 1.49. The zero-order valence-electron chi connectivity index (χ0n) is 17.5. The van der Waals surface area contributed by atoms with Gasteiger partial charge in [0.2, 0.25) is 0 Å². The molecule has 0 aliphatic carbocycles. The Kier molecular flexibility index (Phi) is 6.66. The van der Waals surface area contributed by atoms with Crippen molar-refractivity contribution in [3.63, 3.8) is 0 Å². The highest BCUT2D eigenvalue weighted by Crippen LogP contribution is 2.31. The molecule has 29 heavy (non-hydrogen) atoms. The van der Waals surface area contributed by atoms with Gasteiger partial charge in [-0.25, -0.2) is 0 Å². The molecule has 0 radical (unpaired) electrons. The lowest BCUT2D eigenvalue weighted by Crippen LogP contribution is -2.49. The van der Waals surface area contributed by atoms with Crippen molar-refractivity contribution in [1.82, 2.24) is 9.80 Å². The second-order valence-corrected chi connectivity index (χ2v) is 9.60. The van der Waals surface area contributed by atoms with Gasteiger partial charge in [-0.05, 0) is 69.0 Å². The van der Waals surface area contributed by atoms with Crippen LogP contribution < -0.4 is 0 Å². The number of aryl methyl sites for hydroxylation is 1. The van der Waals surface area contributed by atoms with Crippen molar-refractivity contribution < 1.29 is 9.21 Å². The van der Waals surface area contributed by atoms with Crippen molar-refractivity contribution >= 4 is 17.7 Å². The third kappa shape index (κ3) is 4.72. The molecule has 2 aliphatic heterocycles. The molecule has 2 aliphatic rings. The number of furan rings is 1. The monoisotopic (exact) mass is 412 g/mol. The first-order valence-electron chi connectivity index (χ1n) is 10.8. The van der Waals surface area contributed by atoms with Crippen LogP contribution in [0.5, 0.6) is 0 Å². The highest BCUT2D eigenvalue weighted by molar-refractivity contribution is 7.99. The number of rotatable bonds is 6. The van der Waals surface area contributed by atoms with Gasteiger partial charge in [-0.2, -0.15) is 11.8 Å². The highest BCUT2D eigenvalue weighted by atomic mass is 32.2. The summed E-state index contributed by atoms with van der Waals surface area (Å²) in [5.41, 5.74) is 1.99. The summed E-state index contributed by atoms with van der Waals surface area (Å²) in [4.78, 5) is 17.9. The lowest BCUT2D eigenvalue weighted by atomic mass is 9.84. The van der Waals surface area contributed by atoms with Gasteiger partial charge < -0.3 is 9.32 Å². The average molecular weight is 413 g/mol. The van der Waals surface area contributed by atoms with E-state index in [0.29, 0.717) is 17.2 Å². The van der Waals surface area contributed by atoms with E-state index in [1.165, 1.54) is 36.3 Å². The molecule has 2 saturated heterocycles. The number of likely N-dealkylation sites (tertiary alicyclic amines) is 1. The number of likely N-dealkylation sites (N-methyl/N-ethyl adjacent to an activating group) is 1.